The number of carbonyl (C=O) groups excluding carboxylic acids is 2. The molecule has 1 saturated heterocycles. The van der Waals surface area contributed by atoms with Gasteiger partial charge >= 0.3 is 0 Å². The molecule has 33 heavy (non-hydrogen) atoms. The molecule has 2 aromatic carbocycles. The van der Waals surface area contributed by atoms with E-state index in [1.807, 2.05) is 44.2 Å². The van der Waals surface area contributed by atoms with Crippen molar-refractivity contribution in [1.82, 2.24) is 15.5 Å². The average molecular weight is 452 g/mol. The molecule has 1 heterocycles. The van der Waals surface area contributed by atoms with E-state index in [2.05, 4.69) is 53.6 Å². The van der Waals surface area contributed by atoms with Crippen LogP contribution in [-0.2, 0) is 27.4 Å². The zero-order valence-corrected chi connectivity index (χ0v) is 20.2. The smallest absolute Gasteiger partial charge is 0.247 e. The topological polar surface area (TPSA) is 70.7 Å². The van der Waals surface area contributed by atoms with Crippen LogP contribution in [0.4, 0.5) is 0 Å². The number of morpholine rings is 1. The molecule has 1 fully saturated rings. The Kier molecular flexibility index (Phi) is 9.03. The maximum absolute atomic E-state index is 13.0. The van der Waals surface area contributed by atoms with E-state index in [0.29, 0.717) is 13.0 Å². The summed E-state index contributed by atoms with van der Waals surface area (Å²) in [6, 6.07) is 17.0. The zero-order chi connectivity index (χ0) is 23.8. The van der Waals surface area contributed by atoms with E-state index in [9.17, 15) is 9.59 Å². The van der Waals surface area contributed by atoms with Crippen molar-refractivity contribution in [3.63, 3.8) is 0 Å². The third kappa shape index (κ3) is 7.98. The largest absolute Gasteiger partial charge is 0.373 e. The quantitative estimate of drug-likeness (QED) is 0.608. The Balaban J connectivity index is 1.57. The van der Waals surface area contributed by atoms with Crippen LogP contribution in [0.1, 0.15) is 56.8 Å². The molecule has 3 atom stereocenters. The fourth-order valence-electron chi connectivity index (χ4n) is 4.26. The van der Waals surface area contributed by atoms with Gasteiger partial charge in [-0.25, -0.2) is 0 Å². The SMILES string of the molecule is CC(C)CC(=O)NC(C(=O)NCc1ccc(CN2CC(C)OC(C)C2)cc1)c1ccccc1. The molecule has 6 nitrogen and oxygen atoms in total. The number of amides is 2. The first-order valence-corrected chi connectivity index (χ1v) is 11.9. The highest BCUT2D eigenvalue weighted by molar-refractivity contribution is 5.88. The molecule has 0 bridgehead atoms. The number of rotatable bonds is 9. The second-order valence-electron chi connectivity index (χ2n) is 9.49. The van der Waals surface area contributed by atoms with Crippen LogP contribution in [0.3, 0.4) is 0 Å². The van der Waals surface area contributed by atoms with Gasteiger partial charge in [-0.3, -0.25) is 14.5 Å². The highest BCUT2D eigenvalue weighted by atomic mass is 16.5. The standard InChI is InChI=1S/C27H37N3O3/c1-19(2)14-25(31)29-26(24-8-6-5-7-9-24)27(32)28-15-22-10-12-23(13-11-22)18-30-16-20(3)33-21(4)17-30/h5-13,19-21,26H,14-18H2,1-4H3,(H,28,32)(H,29,31). The minimum Gasteiger partial charge on any atom is -0.373 e. The first-order valence-electron chi connectivity index (χ1n) is 11.9. The lowest BCUT2D eigenvalue weighted by Gasteiger charge is -2.35. The molecule has 3 rings (SSSR count). The summed E-state index contributed by atoms with van der Waals surface area (Å²) in [6.45, 7) is 11.4. The summed E-state index contributed by atoms with van der Waals surface area (Å²) in [5, 5.41) is 5.88. The third-order valence-electron chi connectivity index (χ3n) is 5.69. The molecule has 2 aromatic rings. The maximum Gasteiger partial charge on any atom is 0.247 e. The predicted octanol–water partition coefficient (Wildman–Crippen LogP) is 3.82. The average Bonchev–Trinajstić information content (AvgIpc) is 2.76. The van der Waals surface area contributed by atoms with Crippen molar-refractivity contribution >= 4 is 11.8 Å². The molecule has 2 N–H and O–H groups in total. The third-order valence-corrected chi connectivity index (χ3v) is 5.69. The number of benzene rings is 2. The van der Waals surface area contributed by atoms with Gasteiger partial charge in [0, 0.05) is 32.6 Å². The summed E-state index contributed by atoms with van der Waals surface area (Å²) in [7, 11) is 0. The molecule has 0 spiro atoms. The Morgan fingerprint density at radius 3 is 2.18 bits per heavy atom. The van der Waals surface area contributed by atoms with Crippen LogP contribution in [0, 0.1) is 5.92 Å². The molecule has 0 aromatic heterocycles. The lowest BCUT2D eigenvalue weighted by atomic mass is 10.0. The zero-order valence-electron chi connectivity index (χ0n) is 20.2. The Labute approximate surface area is 197 Å². The number of nitrogens with one attached hydrogen (secondary N) is 2. The van der Waals surface area contributed by atoms with E-state index < -0.39 is 6.04 Å². The van der Waals surface area contributed by atoms with Gasteiger partial charge in [-0.2, -0.15) is 0 Å². The van der Waals surface area contributed by atoms with Gasteiger partial charge in [-0.05, 0) is 36.5 Å². The number of hydrogen-bond donors (Lipinski definition) is 2. The molecule has 2 amide bonds. The lowest BCUT2D eigenvalue weighted by Crippen LogP contribution is -2.44. The van der Waals surface area contributed by atoms with Gasteiger partial charge < -0.3 is 15.4 Å². The van der Waals surface area contributed by atoms with E-state index in [1.54, 1.807) is 0 Å². The Morgan fingerprint density at radius 2 is 1.58 bits per heavy atom. The normalized spacial score (nSPS) is 19.8. The van der Waals surface area contributed by atoms with E-state index in [4.69, 9.17) is 4.74 Å². The van der Waals surface area contributed by atoms with Crippen LogP contribution >= 0.6 is 0 Å². The van der Waals surface area contributed by atoms with Gasteiger partial charge in [0.1, 0.15) is 6.04 Å². The molecular formula is C27H37N3O3. The van der Waals surface area contributed by atoms with Gasteiger partial charge in [0.2, 0.25) is 11.8 Å². The Bertz CT molecular complexity index is 889. The summed E-state index contributed by atoms with van der Waals surface area (Å²) in [6.07, 6.45) is 0.891. The summed E-state index contributed by atoms with van der Waals surface area (Å²) < 4.78 is 5.81. The highest BCUT2D eigenvalue weighted by Crippen LogP contribution is 2.16. The fraction of sp³-hybridized carbons (Fsp3) is 0.481. The summed E-state index contributed by atoms with van der Waals surface area (Å²) >= 11 is 0. The number of ether oxygens (including phenoxy) is 1. The first kappa shape index (κ1) is 24.9. The monoisotopic (exact) mass is 451 g/mol. The number of hydrogen-bond acceptors (Lipinski definition) is 4. The predicted molar refractivity (Wildman–Crippen MR) is 130 cm³/mol. The van der Waals surface area contributed by atoms with Crippen LogP contribution in [0.25, 0.3) is 0 Å². The van der Waals surface area contributed by atoms with Crippen LogP contribution < -0.4 is 10.6 Å². The summed E-state index contributed by atoms with van der Waals surface area (Å²) in [5.41, 5.74) is 3.04. The van der Waals surface area contributed by atoms with Crippen molar-refractivity contribution in [1.29, 1.82) is 0 Å². The second-order valence-corrected chi connectivity index (χ2v) is 9.49. The molecule has 0 saturated carbocycles. The number of nitrogens with zero attached hydrogens (tertiary/aromatic N) is 1. The van der Waals surface area contributed by atoms with Gasteiger partial charge in [0.15, 0.2) is 0 Å². The van der Waals surface area contributed by atoms with Crippen LogP contribution in [0.5, 0.6) is 0 Å². The van der Waals surface area contributed by atoms with E-state index in [1.165, 1.54) is 5.56 Å². The van der Waals surface area contributed by atoms with E-state index >= 15 is 0 Å². The molecule has 1 aliphatic rings. The summed E-state index contributed by atoms with van der Waals surface area (Å²) in [5.74, 6) is -0.101. The number of carbonyl (C=O) groups is 2. The molecule has 1 aliphatic heterocycles. The second kappa shape index (κ2) is 12.0. The molecule has 0 aliphatic carbocycles. The molecular weight excluding hydrogens is 414 g/mol. The van der Waals surface area contributed by atoms with Gasteiger partial charge in [-0.1, -0.05) is 68.4 Å². The van der Waals surface area contributed by atoms with Crippen molar-refractivity contribution in [2.24, 2.45) is 5.92 Å². The summed E-state index contributed by atoms with van der Waals surface area (Å²) in [4.78, 5) is 27.8. The first-order chi connectivity index (χ1) is 15.8. The van der Waals surface area contributed by atoms with Crippen molar-refractivity contribution in [2.75, 3.05) is 13.1 Å². The van der Waals surface area contributed by atoms with Crippen LogP contribution in [0.15, 0.2) is 54.6 Å². The van der Waals surface area contributed by atoms with Gasteiger partial charge in [0.05, 0.1) is 12.2 Å². The Hall–Kier alpha value is -2.70. The van der Waals surface area contributed by atoms with Crippen molar-refractivity contribution in [3.05, 3.63) is 71.3 Å². The molecule has 178 valence electrons. The van der Waals surface area contributed by atoms with E-state index in [0.717, 1.165) is 30.8 Å². The van der Waals surface area contributed by atoms with Gasteiger partial charge in [-0.15, -0.1) is 0 Å². The fourth-order valence-corrected chi connectivity index (χ4v) is 4.26. The van der Waals surface area contributed by atoms with E-state index in [-0.39, 0.29) is 29.9 Å². The molecule has 6 heteroatoms. The lowest BCUT2D eigenvalue weighted by molar-refractivity contribution is -0.129. The van der Waals surface area contributed by atoms with Crippen molar-refractivity contribution in [3.8, 4) is 0 Å². The van der Waals surface area contributed by atoms with Crippen LogP contribution in [0.2, 0.25) is 0 Å². The van der Waals surface area contributed by atoms with Crippen molar-refractivity contribution < 1.29 is 14.3 Å². The van der Waals surface area contributed by atoms with Crippen molar-refractivity contribution in [2.45, 2.75) is 65.5 Å². The maximum atomic E-state index is 13.0. The Morgan fingerprint density at radius 1 is 0.970 bits per heavy atom. The van der Waals surface area contributed by atoms with Gasteiger partial charge in [0.25, 0.3) is 0 Å². The highest BCUT2D eigenvalue weighted by Gasteiger charge is 2.23. The minimum atomic E-state index is -0.706. The van der Waals surface area contributed by atoms with Crippen LogP contribution in [-0.4, -0.2) is 42.0 Å². The molecule has 3 unspecified atom stereocenters. The minimum absolute atomic E-state index is 0.120. The molecule has 0 radical (unpaired) electrons.